The largest absolute Gasteiger partial charge is 0.495 e. The number of nitrogen functional groups attached to an aromatic ring is 1. The summed E-state index contributed by atoms with van der Waals surface area (Å²) in [5.41, 5.74) is 7.00. The lowest BCUT2D eigenvalue weighted by atomic mass is 10.0. The maximum atomic E-state index is 12.0. The van der Waals surface area contributed by atoms with Crippen LogP contribution < -0.4 is 15.8 Å². The van der Waals surface area contributed by atoms with Gasteiger partial charge in [-0.15, -0.1) is 0 Å². The molecular formula is C16H24N2O2S. The first-order chi connectivity index (χ1) is 10.2. The summed E-state index contributed by atoms with van der Waals surface area (Å²) < 4.78 is 5.23. The zero-order valence-electron chi connectivity index (χ0n) is 12.6. The molecule has 0 bridgehead atoms. The van der Waals surface area contributed by atoms with Crippen molar-refractivity contribution in [3.8, 4) is 5.75 Å². The van der Waals surface area contributed by atoms with Gasteiger partial charge in [-0.05, 0) is 31.0 Å². The van der Waals surface area contributed by atoms with E-state index in [1.165, 1.54) is 32.1 Å². The molecule has 0 spiro atoms. The van der Waals surface area contributed by atoms with Crippen LogP contribution in [0.4, 0.5) is 11.4 Å². The molecule has 1 fully saturated rings. The van der Waals surface area contributed by atoms with E-state index in [4.69, 9.17) is 10.5 Å². The number of anilines is 2. The molecule has 1 amide bonds. The molecule has 116 valence electrons. The van der Waals surface area contributed by atoms with Crippen LogP contribution in [-0.2, 0) is 4.79 Å². The Balaban J connectivity index is 1.77. The van der Waals surface area contributed by atoms with Gasteiger partial charge in [-0.3, -0.25) is 4.79 Å². The number of rotatable bonds is 6. The zero-order valence-corrected chi connectivity index (χ0v) is 13.4. The van der Waals surface area contributed by atoms with E-state index in [0.717, 1.165) is 11.0 Å². The SMILES string of the molecule is COc1ccc(N)cc1NC(=O)CCSC1CCCCC1. The molecule has 21 heavy (non-hydrogen) atoms. The topological polar surface area (TPSA) is 64.3 Å². The summed E-state index contributed by atoms with van der Waals surface area (Å²) in [6, 6.07) is 5.25. The van der Waals surface area contributed by atoms with Gasteiger partial charge in [0, 0.05) is 23.1 Å². The molecule has 4 nitrogen and oxygen atoms in total. The minimum Gasteiger partial charge on any atom is -0.495 e. The molecule has 1 saturated carbocycles. The summed E-state index contributed by atoms with van der Waals surface area (Å²) >= 11 is 1.93. The Kier molecular flexibility index (Phi) is 6.23. The van der Waals surface area contributed by atoms with Crippen molar-refractivity contribution < 1.29 is 9.53 Å². The second-order valence-corrected chi connectivity index (χ2v) is 6.80. The summed E-state index contributed by atoms with van der Waals surface area (Å²) in [6.07, 6.45) is 7.17. The summed E-state index contributed by atoms with van der Waals surface area (Å²) in [5, 5.41) is 3.63. The summed E-state index contributed by atoms with van der Waals surface area (Å²) in [7, 11) is 1.58. The first kappa shape index (κ1) is 16.0. The Hall–Kier alpha value is -1.36. The Morgan fingerprint density at radius 1 is 1.38 bits per heavy atom. The molecular weight excluding hydrogens is 284 g/mol. The first-order valence-electron chi connectivity index (χ1n) is 7.54. The van der Waals surface area contributed by atoms with Gasteiger partial charge in [-0.1, -0.05) is 19.3 Å². The van der Waals surface area contributed by atoms with E-state index >= 15 is 0 Å². The molecule has 1 aliphatic carbocycles. The average molecular weight is 308 g/mol. The third-order valence-electron chi connectivity index (χ3n) is 3.73. The summed E-state index contributed by atoms with van der Waals surface area (Å²) in [5.74, 6) is 1.53. The number of hydrogen-bond acceptors (Lipinski definition) is 4. The standard InChI is InChI=1S/C16H24N2O2S/c1-20-15-8-7-12(17)11-14(15)18-16(19)9-10-21-13-5-3-2-4-6-13/h7-8,11,13H,2-6,9-10,17H2,1H3,(H,18,19). The molecule has 0 saturated heterocycles. The Morgan fingerprint density at radius 2 is 2.14 bits per heavy atom. The predicted octanol–water partition coefficient (Wildman–Crippen LogP) is 3.67. The lowest BCUT2D eigenvalue weighted by Crippen LogP contribution is -2.15. The quantitative estimate of drug-likeness (QED) is 0.787. The van der Waals surface area contributed by atoms with Crippen LogP contribution in [-0.4, -0.2) is 24.0 Å². The molecule has 0 aromatic heterocycles. The number of carbonyl (C=O) groups excluding carboxylic acids is 1. The molecule has 1 aromatic carbocycles. The van der Waals surface area contributed by atoms with Crippen molar-refractivity contribution in [1.82, 2.24) is 0 Å². The number of methoxy groups -OCH3 is 1. The third-order valence-corrected chi connectivity index (χ3v) is 5.12. The number of carbonyl (C=O) groups is 1. The van der Waals surface area contributed by atoms with Crippen LogP contribution in [0.15, 0.2) is 18.2 Å². The van der Waals surface area contributed by atoms with Crippen molar-refractivity contribution in [3.05, 3.63) is 18.2 Å². The van der Waals surface area contributed by atoms with Crippen molar-refractivity contribution in [1.29, 1.82) is 0 Å². The zero-order chi connectivity index (χ0) is 15.1. The van der Waals surface area contributed by atoms with E-state index in [1.54, 1.807) is 25.3 Å². The van der Waals surface area contributed by atoms with Crippen LogP contribution in [0.3, 0.4) is 0 Å². The smallest absolute Gasteiger partial charge is 0.225 e. The Labute approximate surface area is 130 Å². The van der Waals surface area contributed by atoms with Gasteiger partial charge < -0.3 is 15.8 Å². The number of hydrogen-bond donors (Lipinski definition) is 2. The van der Waals surface area contributed by atoms with Crippen molar-refractivity contribution >= 4 is 29.0 Å². The molecule has 1 aromatic rings. The van der Waals surface area contributed by atoms with Gasteiger partial charge in [0.2, 0.25) is 5.91 Å². The van der Waals surface area contributed by atoms with Crippen molar-refractivity contribution in [2.75, 3.05) is 23.9 Å². The van der Waals surface area contributed by atoms with Gasteiger partial charge in [0.25, 0.3) is 0 Å². The minimum absolute atomic E-state index is 0.0159. The van der Waals surface area contributed by atoms with Crippen LogP contribution in [0.1, 0.15) is 38.5 Å². The maximum absolute atomic E-state index is 12.0. The normalized spacial score (nSPS) is 15.7. The number of nitrogens with one attached hydrogen (secondary N) is 1. The number of amides is 1. The highest BCUT2D eigenvalue weighted by Crippen LogP contribution is 2.29. The molecule has 5 heteroatoms. The second kappa shape index (κ2) is 8.17. The monoisotopic (exact) mass is 308 g/mol. The van der Waals surface area contributed by atoms with Gasteiger partial charge in [0.05, 0.1) is 12.8 Å². The van der Waals surface area contributed by atoms with E-state index in [2.05, 4.69) is 5.32 Å². The average Bonchev–Trinajstić information content (AvgIpc) is 2.48. The summed E-state index contributed by atoms with van der Waals surface area (Å²) in [6.45, 7) is 0. The minimum atomic E-state index is 0.0159. The molecule has 1 aliphatic rings. The van der Waals surface area contributed by atoms with Crippen LogP contribution in [0.2, 0.25) is 0 Å². The van der Waals surface area contributed by atoms with E-state index in [0.29, 0.717) is 23.5 Å². The Morgan fingerprint density at radius 3 is 2.86 bits per heavy atom. The lowest BCUT2D eigenvalue weighted by molar-refractivity contribution is -0.115. The van der Waals surface area contributed by atoms with Crippen LogP contribution in [0, 0.1) is 0 Å². The van der Waals surface area contributed by atoms with E-state index in [-0.39, 0.29) is 5.91 Å². The second-order valence-electron chi connectivity index (χ2n) is 5.39. The molecule has 0 heterocycles. The van der Waals surface area contributed by atoms with Gasteiger partial charge in [0.1, 0.15) is 5.75 Å². The highest BCUT2D eigenvalue weighted by Gasteiger charge is 2.14. The fourth-order valence-electron chi connectivity index (χ4n) is 2.59. The third kappa shape index (κ3) is 5.16. The number of nitrogens with two attached hydrogens (primary N) is 1. The molecule has 0 atom stereocenters. The first-order valence-corrected chi connectivity index (χ1v) is 8.59. The van der Waals surface area contributed by atoms with Gasteiger partial charge in [-0.25, -0.2) is 0 Å². The van der Waals surface area contributed by atoms with Gasteiger partial charge in [0.15, 0.2) is 0 Å². The predicted molar refractivity (Wildman–Crippen MR) is 90.0 cm³/mol. The molecule has 0 aliphatic heterocycles. The van der Waals surface area contributed by atoms with Gasteiger partial charge >= 0.3 is 0 Å². The highest BCUT2D eigenvalue weighted by atomic mass is 32.2. The van der Waals surface area contributed by atoms with E-state index in [9.17, 15) is 4.79 Å². The molecule has 2 rings (SSSR count). The Bertz CT molecular complexity index is 473. The van der Waals surface area contributed by atoms with E-state index < -0.39 is 0 Å². The number of benzene rings is 1. The number of thioether (sulfide) groups is 1. The van der Waals surface area contributed by atoms with Crippen molar-refractivity contribution in [2.24, 2.45) is 0 Å². The van der Waals surface area contributed by atoms with Crippen molar-refractivity contribution in [2.45, 2.75) is 43.8 Å². The molecule has 3 N–H and O–H groups in total. The fourth-order valence-corrected chi connectivity index (χ4v) is 3.89. The lowest BCUT2D eigenvalue weighted by Gasteiger charge is -2.20. The fraction of sp³-hybridized carbons (Fsp3) is 0.562. The molecule has 0 radical (unpaired) electrons. The summed E-state index contributed by atoms with van der Waals surface area (Å²) in [4.78, 5) is 12.0. The van der Waals surface area contributed by atoms with E-state index in [1.807, 2.05) is 11.8 Å². The molecule has 0 unspecified atom stereocenters. The van der Waals surface area contributed by atoms with Crippen LogP contribution in [0.5, 0.6) is 5.75 Å². The van der Waals surface area contributed by atoms with Crippen LogP contribution >= 0.6 is 11.8 Å². The maximum Gasteiger partial charge on any atom is 0.225 e. The van der Waals surface area contributed by atoms with Gasteiger partial charge in [-0.2, -0.15) is 11.8 Å². The highest BCUT2D eigenvalue weighted by molar-refractivity contribution is 7.99. The van der Waals surface area contributed by atoms with Crippen molar-refractivity contribution in [3.63, 3.8) is 0 Å². The number of ether oxygens (including phenoxy) is 1. The van der Waals surface area contributed by atoms with Crippen LogP contribution in [0.25, 0.3) is 0 Å².